The van der Waals surface area contributed by atoms with Crippen molar-refractivity contribution < 1.29 is 9.59 Å². The lowest BCUT2D eigenvalue weighted by atomic mass is 10.1. The van der Waals surface area contributed by atoms with E-state index in [9.17, 15) is 9.59 Å². The van der Waals surface area contributed by atoms with Crippen molar-refractivity contribution in [2.45, 2.75) is 38.5 Å². The number of benzene rings is 2. The molecule has 1 heterocycles. The zero-order valence-electron chi connectivity index (χ0n) is 17.0. The SMILES string of the molecule is O=C(CCCc1ccccc1)Nc1cccc(NC(=O)CCCc2ccccc2)n1. The number of hydrogen-bond donors (Lipinski definition) is 2. The van der Waals surface area contributed by atoms with E-state index in [1.165, 1.54) is 11.1 Å². The summed E-state index contributed by atoms with van der Waals surface area (Å²) >= 11 is 0. The molecule has 154 valence electrons. The average Bonchev–Trinajstić information content (AvgIpc) is 2.75. The van der Waals surface area contributed by atoms with Crippen LogP contribution in [0.25, 0.3) is 0 Å². The van der Waals surface area contributed by atoms with Gasteiger partial charge in [-0.25, -0.2) is 4.98 Å². The Labute approximate surface area is 177 Å². The first kappa shape index (κ1) is 21.2. The van der Waals surface area contributed by atoms with Gasteiger partial charge in [-0.15, -0.1) is 0 Å². The molecule has 3 rings (SSSR count). The van der Waals surface area contributed by atoms with E-state index < -0.39 is 0 Å². The van der Waals surface area contributed by atoms with Crippen molar-refractivity contribution in [1.82, 2.24) is 4.98 Å². The summed E-state index contributed by atoms with van der Waals surface area (Å²) in [7, 11) is 0. The fourth-order valence-electron chi connectivity index (χ4n) is 3.18. The van der Waals surface area contributed by atoms with Crippen LogP contribution in [-0.4, -0.2) is 16.8 Å². The lowest BCUT2D eigenvalue weighted by molar-refractivity contribution is -0.117. The molecule has 0 spiro atoms. The number of hydrogen-bond acceptors (Lipinski definition) is 3. The summed E-state index contributed by atoms with van der Waals surface area (Å²) in [5.74, 6) is 0.734. The highest BCUT2D eigenvalue weighted by Crippen LogP contribution is 2.12. The van der Waals surface area contributed by atoms with Crippen LogP contribution in [0.3, 0.4) is 0 Å². The summed E-state index contributed by atoms with van der Waals surface area (Å²) in [4.78, 5) is 28.7. The molecule has 0 aliphatic carbocycles. The maximum absolute atomic E-state index is 12.2. The van der Waals surface area contributed by atoms with Gasteiger partial charge in [0.05, 0.1) is 0 Å². The Balaban J connectivity index is 1.40. The highest BCUT2D eigenvalue weighted by Gasteiger charge is 2.07. The van der Waals surface area contributed by atoms with E-state index in [4.69, 9.17) is 0 Å². The number of aryl methyl sites for hydroxylation is 2. The molecular formula is C25H27N3O2. The van der Waals surface area contributed by atoms with Gasteiger partial charge in [0, 0.05) is 12.8 Å². The molecule has 0 bridgehead atoms. The van der Waals surface area contributed by atoms with Crippen LogP contribution in [0.5, 0.6) is 0 Å². The van der Waals surface area contributed by atoms with Gasteiger partial charge in [-0.05, 0) is 48.9 Å². The number of rotatable bonds is 10. The number of nitrogens with zero attached hydrogens (tertiary/aromatic N) is 1. The summed E-state index contributed by atoms with van der Waals surface area (Å²) in [6.45, 7) is 0. The summed E-state index contributed by atoms with van der Waals surface area (Å²) in [6, 6.07) is 25.4. The van der Waals surface area contributed by atoms with Crippen LogP contribution in [0.15, 0.2) is 78.9 Å². The van der Waals surface area contributed by atoms with E-state index in [1.807, 2.05) is 36.4 Å². The largest absolute Gasteiger partial charge is 0.311 e. The highest BCUT2D eigenvalue weighted by atomic mass is 16.2. The van der Waals surface area contributed by atoms with Gasteiger partial charge in [0.15, 0.2) is 0 Å². The molecule has 0 unspecified atom stereocenters. The smallest absolute Gasteiger partial charge is 0.225 e. The standard InChI is InChI=1S/C25H27N3O2/c29-24(18-7-14-20-10-3-1-4-11-20)27-22-16-9-17-23(26-22)28-25(30)19-8-15-21-12-5-2-6-13-21/h1-6,9-13,16-17H,7-8,14-15,18-19H2,(H2,26,27,28,29,30). The number of amides is 2. The second kappa shape index (κ2) is 11.5. The lowest BCUT2D eigenvalue weighted by Gasteiger charge is -2.08. The van der Waals surface area contributed by atoms with E-state index in [0.717, 1.165) is 25.7 Å². The van der Waals surface area contributed by atoms with Crippen LogP contribution >= 0.6 is 0 Å². The third-order valence-corrected chi connectivity index (χ3v) is 4.71. The molecule has 5 heteroatoms. The molecule has 1 aromatic heterocycles. The van der Waals surface area contributed by atoms with Crippen LogP contribution in [0.1, 0.15) is 36.8 Å². The van der Waals surface area contributed by atoms with Gasteiger partial charge >= 0.3 is 0 Å². The Morgan fingerprint density at radius 1 is 0.600 bits per heavy atom. The lowest BCUT2D eigenvalue weighted by Crippen LogP contribution is -2.15. The van der Waals surface area contributed by atoms with Gasteiger partial charge < -0.3 is 10.6 Å². The average molecular weight is 402 g/mol. The highest BCUT2D eigenvalue weighted by molar-refractivity contribution is 5.91. The monoisotopic (exact) mass is 401 g/mol. The molecular weight excluding hydrogens is 374 g/mol. The fourth-order valence-corrected chi connectivity index (χ4v) is 3.18. The summed E-state index contributed by atoms with van der Waals surface area (Å²) in [5.41, 5.74) is 2.45. The second-order valence-corrected chi connectivity index (χ2v) is 7.18. The molecule has 3 aromatic rings. The minimum Gasteiger partial charge on any atom is -0.311 e. The quantitative estimate of drug-likeness (QED) is 0.502. The number of carbonyl (C=O) groups excluding carboxylic acids is 2. The van der Waals surface area contributed by atoms with E-state index >= 15 is 0 Å². The first-order chi connectivity index (χ1) is 14.7. The maximum Gasteiger partial charge on any atom is 0.225 e. The zero-order valence-corrected chi connectivity index (χ0v) is 17.0. The van der Waals surface area contributed by atoms with Crippen LogP contribution in [-0.2, 0) is 22.4 Å². The molecule has 0 fully saturated rings. The minimum atomic E-state index is -0.0789. The van der Waals surface area contributed by atoms with Gasteiger partial charge in [-0.1, -0.05) is 66.7 Å². The molecule has 5 nitrogen and oxygen atoms in total. The number of aromatic nitrogens is 1. The van der Waals surface area contributed by atoms with Crippen molar-refractivity contribution in [3.8, 4) is 0 Å². The molecule has 2 amide bonds. The van der Waals surface area contributed by atoms with Crippen molar-refractivity contribution in [3.05, 3.63) is 90.0 Å². The van der Waals surface area contributed by atoms with Crippen molar-refractivity contribution in [2.24, 2.45) is 0 Å². The molecule has 0 saturated carbocycles. The molecule has 0 radical (unpaired) electrons. The van der Waals surface area contributed by atoms with E-state index in [1.54, 1.807) is 18.2 Å². The maximum atomic E-state index is 12.2. The predicted octanol–water partition coefficient (Wildman–Crippen LogP) is 5.00. The molecule has 0 aliphatic heterocycles. The molecule has 2 aromatic carbocycles. The number of anilines is 2. The van der Waals surface area contributed by atoms with Crippen LogP contribution in [0.4, 0.5) is 11.6 Å². The van der Waals surface area contributed by atoms with E-state index in [0.29, 0.717) is 24.5 Å². The Hall–Kier alpha value is -3.47. The van der Waals surface area contributed by atoms with Crippen molar-refractivity contribution in [3.63, 3.8) is 0 Å². The van der Waals surface area contributed by atoms with Gasteiger partial charge in [-0.2, -0.15) is 0 Å². The minimum absolute atomic E-state index is 0.0789. The number of nitrogens with one attached hydrogen (secondary N) is 2. The van der Waals surface area contributed by atoms with Gasteiger partial charge in [-0.3, -0.25) is 9.59 Å². The van der Waals surface area contributed by atoms with E-state index in [2.05, 4.69) is 39.9 Å². The molecule has 0 atom stereocenters. The Bertz CT molecular complexity index is 868. The summed E-state index contributed by atoms with van der Waals surface area (Å²) in [6.07, 6.45) is 4.11. The normalized spacial score (nSPS) is 10.4. The van der Waals surface area contributed by atoms with Crippen LogP contribution < -0.4 is 10.6 Å². The predicted molar refractivity (Wildman–Crippen MR) is 120 cm³/mol. The van der Waals surface area contributed by atoms with E-state index in [-0.39, 0.29) is 11.8 Å². The van der Waals surface area contributed by atoms with Crippen molar-refractivity contribution in [1.29, 1.82) is 0 Å². The third kappa shape index (κ3) is 7.51. The third-order valence-electron chi connectivity index (χ3n) is 4.71. The Morgan fingerprint density at radius 3 is 1.47 bits per heavy atom. The molecule has 2 N–H and O–H groups in total. The topological polar surface area (TPSA) is 71.1 Å². The van der Waals surface area contributed by atoms with Crippen molar-refractivity contribution in [2.75, 3.05) is 10.6 Å². The molecule has 0 saturated heterocycles. The Morgan fingerprint density at radius 2 is 1.03 bits per heavy atom. The zero-order chi connectivity index (χ0) is 21.0. The van der Waals surface area contributed by atoms with Crippen molar-refractivity contribution >= 4 is 23.5 Å². The Kier molecular flexibility index (Phi) is 8.15. The summed E-state index contributed by atoms with van der Waals surface area (Å²) in [5, 5.41) is 5.61. The first-order valence-corrected chi connectivity index (χ1v) is 10.3. The summed E-state index contributed by atoms with van der Waals surface area (Å²) < 4.78 is 0. The molecule has 30 heavy (non-hydrogen) atoms. The number of carbonyl (C=O) groups is 2. The van der Waals surface area contributed by atoms with Crippen LogP contribution in [0, 0.1) is 0 Å². The van der Waals surface area contributed by atoms with Gasteiger partial charge in [0.25, 0.3) is 0 Å². The van der Waals surface area contributed by atoms with Gasteiger partial charge in [0.1, 0.15) is 11.6 Å². The first-order valence-electron chi connectivity index (χ1n) is 10.3. The second-order valence-electron chi connectivity index (χ2n) is 7.18. The van der Waals surface area contributed by atoms with Crippen LogP contribution in [0.2, 0.25) is 0 Å². The molecule has 0 aliphatic rings. The fraction of sp³-hybridized carbons (Fsp3) is 0.240. The number of pyridine rings is 1. The van der Waals surface area contributed by atoms with Gasteiger partial charge in [0.2, 0.25) is 11.8 Å².